The van der Waals surface area contributed by atoms with E-state index in [4.69, 9.17) is 0 Å². The lowest BCUT2D eigenvalue weighted by Crippen LogP contribution is -1.96. The third-order valence-corrected chi connectivity index (χ3v) is 5.39. The number of phenolic OH excluding ortho intramolecular Hbond substituents is 1. The van der Waals surface area contributed by atoms with E-state index in [0.29, 0.717) is 11.4 Å². The summed E-state index contributed by atoms with van der Waals surface area (Å²) in [5.41, 5.74) is 4.83. The summed E-state index contributed by atoms with van der Waals surface area (Å²) in [6.07, 6.45) is 3.16. The highest BCUT2D eigenvalue weighted by Crippen LogP contribution is 2.32. The number of thiophene rings is 1. The summed E-state index contributed by atoms with van der Waals surface area (Å²) in [5.74, 6) is 0.863. The molecule has 2 N–H and O–H groups in total. The molecule has 0 unspecified atom stereocenters. The normalized spacial score (nSPS) is 11.6. The molecule has 0 saturated carbocycles. The van der Waals surface area contributed by atoms with Gasteiger partial charge in [-0.25, -0.2) is 9.97 Å². The van der Waals surface area contributed by atoms with Crippen LogP contribution in [0.25, 0.3) is 21.0 Å². The minimum atomic E-state index is 0.194. The highest BCUT2D eigenvalue weighted by atomic mass is 32.1. The zero-order chi connectivity index (χ0) is 17.4. The highest BCUT2D eigenvalue weighted by molar-refractivity contribution is 7.18. The molecule has 4 aromatic rings. The van der Waals surface area contributed by atoms with Crippen molar-refractivity contribution in [2.75, 3.05) is 5.43 Å². The molecule has 0 fully saturated rings. The average Bonchev–Trinajstić information content (AvgIpc) is 2.92. The Labute approximate surface area is 148 Å². The zero-order valence-corrected chi connectivity index (χ0v) is 14.6. The van der Waals surface area contributed by atoms with Gasteiger partial charge in [0.25, 0.3) is 0 Å². The maximum absolute atomic E-state index is 10.2. The van der Waals surface area contributed by atoms with Gasteiger partial charge in [0, 0.05) is 10.4 Å². The van der Waals surface area contributed by atoms with Gasteiger partial charge in [-0.3, -0.25) is 5.43 Å². The van der Waals surface area contributed by atoms with Crippen LogP contribution in [0.5, 0.6) is 5.75 Å². The van der Waals surface area contributed by atoms with Crippen molar-refractivity contribution in [3.05, 3.63) is 58.7 Å². The van der Waals surface area contributed by atoms with E-state index in [1.807, 2.05) is 30.3 Å². The van der Waals surface area contributed by atoms with E-state index in [1.54, 1.807) is 23.6 Å². The van der Waals surface area contributed by atoms with Crippen LogP contribution < -0.4 is 5.43 Å². The fraction of sp³-hybridized carbons (Fsp3) is 0.105. The van der Waals surface area contributed by atoms with Crippen LogP contribution in [-0.4, -0.2) is 21.3 Å². The number of hydrogen-bond donors (Lipinski definition) is 2. The first kappa shape index (κ1) is 15.5. The molecular formula is C19H16N4OS. The van der Waals surface area contributed by atoms with E-state index >= 15 is 0 Å². The number of nitrogens with one attached hydrogen (secondary N) is 1. The SMILES string of the molecule is Cc1sc2ncnc(N/N=C\c3c(O)ccc4ccccc34)c2c1C. The molecule has 0 amide bonds. The number of benzene rings is 2. The van der Waals surface area contributed by atoms with E-state index in [9.17, 15) is 5.11 Å². The Morgan fingerprint density at radius 2 is 1.96 bits per heavy atom. The van der Waals surface area contributed by atoms with Crippen LogP contribution in [0.2, 0.25) is 0 Å². The second-order valence-corrected chi connectivity index (χ2v) is 6.98. The van der Waals surface area contributed by atoms with Crippen molar-refractivity contribution >= 4 is 44.4 Å². The maximum atomic E-state index is 10.2. The van der Waals surface area contributed by atoms with E-state index < -0.39 is 0 Å². The summed E-state index contributed by atoms with van der Waals surface area (Å²) in [7, 11) is 0. The number of aryl methyl sites for hydroxylation is 2. The van der Waals surface area contributed by atoms with Crippen LogP contribution in [0.15, 0.2) is 47.8 Å². The zero-order valence-electron chi connectivity index (χ0n) is 13.8. The molecule has 0 saturated heterocycles. The lowest BCUT2D eigenvalue weighted by molar-refractivity contribution is 0.475. The van der Waals surface area contributed by atoms with Crippen molar-refractivity contribution in [1.29, 1.82) is 0 Å². The molecule has 124 valence electrons. The Bertz CT molecular complexity index is 1120. The minimum Gasteiger partial charge on any atom is -0.507 e. The van der Waals surface area contributed by atoms with Gasteiger partial charge in [0.05, 0.1) is 11.6 Å². The number of anilines is 1. The number of fused-ring (bicyclic) bond motifs is 2. The number of aromatic hydroxyl groups is 1. The largest absolute Gasteiger partial charge is 0.507 e. The van der Waals surface area contributed by atoms with E-state index in [-0.39, 0.29) is 5.75 Å². The molecule has 2 heterocycles. The van der Waals surface area contributed by atoms with E-state index in [1.165, 1.54) is 11.2 Å². The third-order valence-electron chi connectivity index (χ3n) is 4.28. The first-order valence-electron chi connectivity index (χ1n) is 7.85. The van der Waals surface area contributed by atoms with Crippen LogP contribution in [0.3, 0.4) is 0 Å². The van der Waals surface area contributed by atoms with Gasteiger partial charge in [0.1, 0.15) is 16.9 Å². The van der Waals surface area contributed by atoms with Crippen molar-refractivity contribution in [2.45, 2.75) is 13.8 Å². The van der Waals surface area contributed by atoms with Gasteiger partial charge < -0.3 is 5.11 Å². The standard InChI is InChI=1S/C19H16N4OS/c1-11-12(2)25-19-17(11)18(20-10-21-19)23-22-9-15-14-6-4-3-5-13(14)7-8-16(15)24/h3-10,24H,1-2H3,(H,20,21,23)/b22-9-. The summed E-state index contributed by atoms with van der Waals surface area (Å²) in [4.78, 5) is 10.8. The fourth-order valence-electron chi connectivity index (χ4n) is 2.84. The van der Waals surface area contributed by atoms with Crippen LogP contribution in [0, 0.1) is 13.8 Å². The first-order valence-corrected chi connectivity index (χ1v) is 8.67. The molecule has 25 heavy (non-hydrogen) atoms. The lowest BCUT2D eigenvalue weighted by atomic mass is 10.0. The molecule has 2 aromatic heterocycles. The average molecular weight is 348 g/mol. The second kappa shape index (κ2) is 6.14. The summed E-state index contributed by atoms with van der Waals surface area (Å²) in [5, 5.41) is 17.5. The number of nitrogens with zero attached hydrogens (tertiary/aromatic N) is 3. The highest BCUT2D eigenvalue weighted by Gasteiger charge is 2.11. The van der Waals surface area contributed by atoms with Crippen molar-refractivity contribution < 1.29 is 5.11 Å². The van der Waals surface area contributed by atoms with Gasteiger partial charge in [-0.15, -0.1) is 11.3 Å². The van der Waals surface area contributed by atoms with Gasteiger partial charge in [0.2, 0.25) is 0 Å². The van der Waals surface area contributed by atoms with Crippen molar-refractivity contribution in [1.82, 2.24) is 9.97 Å². The Morgan fingerprint density at radius 3 is 2.84 bits per heavy atom. The van der Waals surface area contributed by atoms with Crippen LogP contribution >= 0.6 is 11.3 Å². The number of hydrazone groups is 1. The molecule has 5 nitrogen and oxygen atoms in total. The maximum Gasteiger partial charge on any atom is 0.158 e. The van der Waals surface area contributed by atoms with Gasteiger partial charge in [-0.05, 0) is 36.2 Å². The quantitative estimate of drug-likeness (QED) is 0.419. The van der Waals surface area contributed by atoms with Crippen LogP contribution in [0.4, 0.5) is 5.82 Å². The molecular weight excluding hydrogens is 332 g/mol. The van der Waals surface area contributed by atoms with Gasteiger partial charge in [-0.1, -0.05) is 30.3 Å². The smallest absolute Gasteiger partial charge is 0.158 e. The molecule has 0 spiro atoms. The Kier molecular flexibility index (Phi) is 3.82. The van der Waals surface area contributed by atoms with Crippen molar-refractivity contribution in [2.24, 2.45) is 5.10 Å². The number of hydrogen-bond acceptors (Lipinski definition) is 6. The summed E-state index contributed by atoms with van der Waals surface area (Å²) in [6, 6.07) is 11.5. The second-order valence-electron chi connectivity index (χ2n) is 5.78. The summed E-state index contributed by atoms with van der Waals surface area (Å²) >= 11 is 1.64. The number of rotatable bonds is 3. The summed E-state index contributed by atoms with van der Waals surface area (Å²) in [6.45, 7) is 4.13. The molecule has 4 rings (SSSR count). The number of aromatic nitrogens is 2. The van der Waals surface area contributed by atoms with E-state index in [0.717, 1.165) is 26.6 Å². The predicted molar refractivity (Wildman–Crippen MR) is 104 cm³/mol. The van der Waals surface area contributed by atoms with E-state index in [2.05, 4.69) is 34.3 Å². The molecule has 0 atom stereocenters. The lowest BCUT2D eigenvalue weighted by Gasteiger charge is -2.05. The number of phenols is 1. The third kappa shape index (κ3) is 2.70. The molecule has 0 aliphatic rings. The molecule has 6 heteroatoms. The fourth-order valence-corrected chi connectivity index (χ4v) is 3.84. The minimum absolute atomic E-state index is 0.194. The molecule has 0 bridgehead atoms. The Hall–Kier alpha value is -2.99. The van der Waals surface area contributed by atoms with Crippen molar-refractivity contribution in [3.63, 3.8) is 0 Å². The monoisotopic (exact) mass is 348 g/mol. The van der Waals surface area contributed by atoms with Crippen LogP contribution in [0.1, 0.15) is 16.0 Å². The topological polar surface area (TPSA) is 70.4 Å². The molecule has 0 radical (unpaired) electrons. The molecule has 0 aliphatic heterocycles. The summed E-state index contributed by atoms with van der Waals surface area (Å²) < 4.78 is 0. The van der Waals surface area contributed by atoms with Gasteiger partial charge in [-0.2, -0.15) is 5.10 Å². The van der Waals surface area contributed by atoms with Gasteiger partial charge >= 0.3 is 0 Å². The van der Waals surface area contributed by atoms with Gasteiger partial charge in [0.15, 0.2) is 5.82 Å². The molecule has 2 aromatic carbocycles. The Balaban J connectivity index is 1.72. The predicted octanol–water partition coefficient (Wildman–Crippen LogP) is 4.61. The van der Waals surface area contributed by atoms with Crippen molar-refractivity contribution in [3.8, 4) is 5.75 Å². The first-order chi connectivity index (χ1) is 12.1. The molecule has 0 aliphatic carbocycles. The van der Waals surface area contributed by atoms with Crippen LogP contribution in [-0.2, 0) is 0 Å². The Morgan fingerprint density at radius 1 is 1.12 bits per heavy atom.